The summed E-state index contributed by atoms with van der Waals surface area (Å²) in [5.41, 5.74) is 2.00. The summed E-state index contributed by atoms with van der Waals surface area (Å²) in [4.78, 5) is 0. The molecule has 3 fully saturated rings. The predicted octanol–water partition coefficient (Wildman–Crippen LogP) is 9.16. The van der Waals surface area contributed by atoms with Crippen LogP contribution in [0.5, 0.6) is 0 Å². The van der Waals surface area contributed by atoms with Crippen molar-refractivity contribution in [3.63, 3.8) is 0 Å². The number of ether oxygens (including phenoxy) is 1. The molecule has 1 nitrogen and oxygen atoms in total. The Balaban J connectivity index is 1.15. The van der Waals surface area contributed by atoms with Crippen LogP contribution in [0.2, 0.25) is 0 Å². The minimum Gasteiger partial charge on any atom is -0.381 e. The smallest absolute Gasteiger partial charge is 0.159 e. The first-order chi connectivity index (χ1) is 17.4. The highest BCUT2D eigenvalue weighted by molar-refractivity contribution is 5.32. The van der Waals surface area contributed by atoms with Gasteiger partial charge >= 0.3 is 0 Å². The normalized spacial score (nSPS) is 31.4. The molecule has 2 aromatic carbocycles. The lowest BCUT2D eigenvalue weighted by Gasteiger charge is -2.38. The summed E-state index contributed by atoms with van der Waals surface area (Å²) in [6, 6.07) is 7.50. The topological polar surface area (TPSA) is 9.23 Å². The maximum absolute atomic E-state index is 15.2. The van der Waals surface area contributed by atoms with Crippen molar-refractivity contribution < 1.29 is 22.3 Å². The molecule has 0 atom stereocenters. The lowest BCUT2D eigenvalue weighted by atomic mass is 9.67. The molecule has 3 aliphatic carbocycles. The van der Waals surface area contributed by atoms with Gasteiger partial charge in [0.15, 0.2) is 11.6 Å². The van der Waals surface area contributed by atoms with Crippen molar-refractivity contribution in [2.45, 2.75) is 101 Å². The zero-order chi connectivity index (χ0) is 25.2. The van der Waals surface area contributed by atoms with E-state index in [4.69, 9.17) is 4.74 Å². The monoisotopic (exact) mass is 502 g/mol. The second kappa shape index (κ2) is 11.2. The second-order valence-corrected chi connectivity index (χ2v) is 11.5. The van der Waals surface area contributed by atoms with Crippen molar-refractivity contribution in [3.05, 3.63) is 70.3 Å². The highest BCUT2D eigenvalue weighted by Gasteiger charge is 2.34. The number of halogens is 4. The van der Waals surface area contributed by atoms with Crippen molar-refractivity contribution in [2.75, 3.05) is 7.11 Å². The number of benzene rings is 2. The van der Waals surface area contributed by atoms with Crippen LogP contribution >= 0.6 is 0 Å². The highest BCUT2D eigenvalue weighted by atomic mass is 19.2. The first-order valence-corrected chi connectivity index (χ1v) is 13.9. The summed E-state index contributed by atoms with van der Waals surface area (Å²) in [5.74, 6) is -0.618. The third-order valence-electron chi connectivity index (χ3n) is 9.61. The Kier molecular flexibility index (Phi) is 8.05. The molecule has 0 aromatic heterocycles. The van der Waals surface area contributed by atoms with E-state index >= 15 is 8.78 Å². The van der Waals surface area contributed by atoms with E-state index in [1.54, 1.807) is 25.3 Å². The molecule has 0 radical (unpaired) electrons. The van der Waals surface area contributed by atoms with E-state index in [9.17, 15) is 8.78 Å². The average Bonchev–Trinajstić information content (AvgIpc) is 2.90. The van der Waals surface area contributed by atoms with Crippen LogP contribution in [0, 0.1) is 35.1 Å². The Hall–Kier alpha value is -1.88. The maximum atomic E-state index is 15.2. The van der Waals surface area contributed by atoms with E-state index in [1.165, 1.54) is 12.1 Å². The molecule has 5 heteroatoms. The Morgan fingerprint density at radius 3 is 1.53 bits per heavy atom. The number of methoxy groups -OCH3 is 1. The van der Waals surface area contributed by atoms with E-state index in [1.807, 2.05) is 0 Å². The van der Waals surface area contributed by atoms with Gasteiger partial charge in [0, 0.05) is 12.7 Å². The van der Waals surface area contributed by atoms with Crippen molar-refractivity contribution in [1.29, 1.82) is 0 Å². The highest BCUT2D eigenvalue weighted by Crippen LogP contribution is 2.47. The van der Waals surface area contributed by atoms with E-state index < -0.39 is 11.6 Å². The van der Waals surface area contributed by atoms with Crippen LogP contribution in [0.15, 0.2) is 30.3 Å². The molecule has 5 rings (SSSR count). The molecule has 0 spiro atoms. The number of rotatable bonds is 5. The Labute approximate surface area is 212 Å². The fourth-order valence-electron chi connectivity index (χ4n) is 7.43. The van der Waals surface area contributed by atoms with Gasteiger partial charge in [-0.2, -0.15) is 0 Å². The van der Waals surface area contributed by atoms with Crippen LogP contribution in [-0.4, -0.2) is 13.2 Å². The van der Waals surface area contributed by atoms with E-state index in [2.05, 4.69) is 0 Å². The van der Waals surface area contributed by atoms with Crippen LogP contribution in [0.3, 0.4) is 0 Å². The summed E-state index contributed by atoms with van der Waals surface area (Å²) in [7, 11) is 1.73. The van der Waals surface area contributed by atoms with Gasteiger partial charge in [0.25, 0.3) is 0 Å². The number of hydrogen-bond acceptors (Lipinski definition) is 1. The van der Waals surface area contributed by atoms with Gasteiger partial charge in [0.1, 0.15) is 11.6 Å². The quantitative estimate of drug-likeness (QED) is 0.370. The SMILES string of the molecule is COC1CCC(c2cc(F)c(C3CCC(C4CCC(c5ccc(F)c(F)c5)CC4)CC3)c(F)c2)CC1. The molecule has 196 valence electrons. The Bertz CT molecular complexity index is 1010. The third kappa shape index (κ3) is 5.51. The third-order valence-corrected chi connectivity index (χ3v) is 9.61. The van der Waals surface area contributed by atoms with Crippen molar-refractivity contribution in [3.8, 4) is 0 Å². The standard InChI is InChI=1S/C31H38F4O/c1-36-26-13-10-22(11-14-26)25-17-29(34)31(30(35)18-25)23-8-6-20(7-9-23)19-2-4-21(5-3-19)24-12-15-27(32)28(33)16-24/h12,15-23,26H,2-11,13-14H2,1H3. The van der Waals surface area contributed by atoms with Crippen molar-refractivity contribution >= 4 is 0 Å². The maximum Gasteiger partial charge on any atom is 0.159 e. The van der Waals surface area contributed by atoms with Gasteiger partial charge in [0.05, 0.1) is 6.10 Å². The first kappa shape index (κ1) is 25.8. The van der Waals surface area contributed by atoms with Gasteiger partial charge in [0.2, 0.25) is 0 Å². The van der Waals surface area contributed by atoms with Gasteiger partial charge in [-0.3, -0.25) is 0 Å². The summed E-state index contributed by atoms with van der Waals surface area (Å²) in [6.07, 6.45) is 11.8. The van der Waals surface area contributed by atoms with Gasteiger partial charge in [-0.25, -0.2) is 17.6 Å². The predicted molar refractivity (Wildman–Crippen MR) is 134 cm³/mol. The minimum absolute atomic E-state index is 0.0435. The number of hydrogen-bond donors (Lipinski definition) is 0. The fourth-order valence-corrected chi connectivity index (χ4v) is 7.43. The molecular formula is C31H38F4O. The summed E-state index contributed by atoms with van der Waals surface area (Å²) in [5, 5.41) is 0. The van der Waals surface area contributed by atoms with Gasteiger partial charge in [-0.05, 0) is 142 Å². The largest absolute Gasteiger partial charge is 0.381 e. The van der Waals surface area contributed by atoms with Gasteiger partial charge in [-0.1, -0.05) is 6.07 Å². The second-order valence-electron chi connectivity index (χ2n) is 11.5. The molecular weight excluding hydrogens is 464 g/mol. The molecule has 0 unspecified atom stereocenters. The van der Waals surface area contributed by atoms with Crippen molar-refractivity contribution in [1.82, 2.24) is 0 Å². The zero-order valence-electron chi connectivity index (χ0n) is 21.3. The molecule has 36 heavy (non-hydrogen) atoms. The summed E-state index contributed by atoms with van der Waals surface area (Å²) >= 11 is 0. The lowest BCUT2D eigenvalue weighted by Crippen LogP contribution is -2.25. The lowest BCUT2D eigenvalue weighted by molar-refractivity contribution is 0.0658. The van der Waals surface area contributed by atoms with E-state index in [-0.39, 0.29) is 29.6 Å². The van der Waals surface area contributed by atoms with Crippen LogP contribution in [0.25, 0.3) is 0 Å². The Morgan fingerprint density at radius 1 is 0.528 bits per heavy atom. The van der Waals surface area contributed by atoms with Crippen LogP contribution in [0.1, 0.15) is 111 Å². The molecule has 0 N–H and O–H groups in total. The summed E-state index contributed by atoms with van der Waals surface area (Å²) < 4.78 is 62.7. The van der Waals surface area contributed by atoms with Crippen molar-refractivity contribution in [2.24, 2.45) is 11.8 Å². The molecule has 0 heterocycles. The minimum atomic E-state index is -0.791. The molecule has 0 aliphatic heterocycles. The molecule has 3 saturated carbocycles. The van der Waals surface area contributed by atoms with Gasteiger partial charge in [-0.15, -0.1) is 0 Å². The fraction of sp³-hybridized carbons (Fsp3) is 0.613. The molecule has 0 saturated heterocycles. The van der Waals surface area contributed by atoms with Crippen LogP contribution in [-0.2, 0) is 4.74 Å². The summed E-state index contributed by atoms with van der Waals surface area (Å²) in [6.45, 7) is 0. The van der Waals surface area contributed by atoms with E-state index in [0.29, 0.717) is 23.3 Å². The molecule has 0 bridgehead atoms. The first-order valence-electron chi connectivity index (χ1n) is 13.9. The molecule has 2 aromatic rings. The molecule has 0 amide bonds. The zero-order valence-corrected chi connectivity index (χ0v) is 21.3. The average molecular weight is 503 g/mol. The van der Waals surface area contributed by atoms with E-state index in [0.717, 1.165) is 88.2 Å². The van der Waals surface area contributed by atoms with Crippen LogP contribution in [0.4, 0.5) is 17.6 Å². The Morgan fingerprint density at radius 2 is 1.00 bits per heavy atom. The molecule has 3 aliphatic rings. The van der Waals surface area contributed by atoms with Gasteiger partial charge < -0.3 is 4.74 Å². The van der Waals surface area contributed by atoms with Crippen LogP contribution < -0.4 is 0 Å².